The Hall–Kier alpha value is -1.33. The number of rotatable bonds is 5. The number of halogens is 4. The third kappa shape index (κ3) is 3.47. The third-order valence-electron chi connectivity index (χ3n) is 3.18. The minimum Gasteiger partial charge on any atom is -0.306 e. The SMILES string of the molecule is CCCNC(c1cccc(Br)c1F)c1c(F)cccc1F. The zero-order valence-electron chi connectivity index (χ0n) is 11.5. The Balaban J connectivity index is 2.55. The fourth-order valence-electron chi connectivity index (χ4n) is 2.19. The fraction of sp³-hybridized carbons (Fsp3) is 0.250. The highest BCUT2D eigenvalue weighted by Crippen LogP contribution is 2.31. The fourth-order valence-corrected chi connectivity index (χ4v) is 2.57. The molecular formula is C16H15BrF3N. The van der Waals surface area contributed by atoms with Crippen LogP contribution in [0.2, 0.25) is 0 Å². The normalized spacial score (nSPS) is 12.4. The lowest BCUT2D eigenvalue weighted by molar-refractivity contribution is 0.487. The average molecular weight is 358 g/mol. The summed E-state index contributed by atoms with van der Waals surface area (Å²) < 4.78 is 42.6. The smallest absolute Gasteiger partial charge is 0.142 e. The molecule has 1 nitrogen and oxygen atoms in total. The van der Waals surface area contributed by atoms with Gasteiger partial charge in [-0.25, -0.2) is 13.2 Å². The minimum absolute atomic E-state index is 0.164. The minimum atomic E-state index is -0.872. The van der Waals surface area contributed by atoms with Crippen molar-refractivity contribution in [3.63, 3.8) is 0 Å². The first-order valence-corrected chi connectivity index (χ1v) is 7.46. The Kier molecular flexibility index (Phi) is 5.42. The van der Waals surface area contributed by atoms with Gasteiger partial charge in [0.2, 0.25) is 0 Å². The van der Waals surface area contributed by atoms with Crippen LogP contribution in [0, 0.1) is 17.5 Å². The summed E-state index contributed by atoms with van der Waals surface area (Å²) in [6, 6.07) is 7.49. The second-order valence-electron chi connectivity index (χ2n) is 4.67. The molecule has 0 bridgehead atoms. The van der Waals surface area contributed by atoms with Crippen molar-refractivity contribution in [3.8, 4) is 0 Å². The average Bonchev–Trinajstić information content (AvgIpc) is 2.45. The van der Waals surface area contributed by atoms with E-state index in [0.717, 1.165) is 6.42 Å². The van der Waals surface area contributed by atoms with E-state index in [2.05, 4.69) is 21.2 Å². The first-order chi connectivity index (χ1) is 10.1. The molecule has 0 aromatic heterocycles. The Bertz CT molecular complexity index is 611. The topological polar surface area (TPSA) is 12.0 Å². The molecule has 0 amide bonds. The molecule has 0 heterocycles. The molecule has 0 saturated carbocycles. The molecular weight excluding hydrogens is 343 g/mol. The zero-order valence-corrected chi connectivity index (χ0v) is 13.1. The van der Waals surface area contributed by atoms with Crippen LogP contribution in [-0.4, -0.2) is 6.54 Å². The van der Waals surface area contributed by atoms with E-state index in [-0.39, 0.29) is 15.6 Å². The van der Waals surface area contributed by atoms with Crippen molar-refractivity contribution < 1.29 is 13.2 Å². The number of hydrogen-bond acceptors (Lipinski definition) is 1. The highest BCUT2D eigenvalue weighted by molar-refractivity contribution is 9.10. The van der Waals surface area contributed by atoms with Crippen LogP contribution in [0.1, 0.15) is 30.5 Å². The first-order valence-electron chi connectivity index (χ1n) is 6.67. The molecule has 2 aromatic rings. The van der Waals surface area contributed by atoms with Gasteiger partial charge in [-0.05, 0) is 47.1 Å². The van der Waals surface area contributed by atoms with E-state index >= 15 is 0 Å². The van der Waals surface area contributed by atoms with Crippen LogP contribution in [-0.2, 0) is 0 Å². The van der Waals surface area contributed by atoms with E-state index in [1.54, 1.807) is 12.1 Å². The summed E-state index contributed by atoms with van der Waals surface area (Å²) in [4.78, 5) is 0. The molecule has 1 N–H and O–H groups in total. The van der Waals surface area contributed by atoms with Gasteiger partial charge in [-0.3, -0.25) is 0 Å². The molecule has 112 valence electrons. The summed E-state index contributed by atoms with van der Waals surface area (Å²) in [5, 5.41) is 3.01. The second kappa shape index (κ2) is 7.09. The van der Waals surface area contributed by atoms with Crippen molar-refractivity contribution in [2.75, 3.05) is 6.54 Å². The van der Waals surface area contributed by atoms with Crippen LogP contribution in [0.15, 0.2) is 40.9 Å². The van der Waals surface area contributed by atoms with Crippen LogP contribution in [0.25, 0.3) is 0 Å². The van der Waals surface area contributed by atoms with E-state index in [0.29, 0.717) is 6.54 Å². The molecule has 21 heavy (non-hydrogen) atoms. The molecule has 0 radical (unpaired) electrons. The predicted molar refractivity (Wildman–Crippen MR) is 80.6 cm³/mol. The van der Waals surface area contributed by atoms with Crippen LogP contribution >= 0.6 is 15.9 Å². The number of hydrogen-bond donors (Lipinski definition) is 1. The van der Waals surface area contributed by atoms with Gasteiger partial charge in [0.05, 0.1) is 10.5 Å². The Labute approximate surface area is 130 Å². The lowest BCUT2D eigenvalue weighted by Gasteiger charge is -2.21. The molecule has 0 aliphatic heterocycles. The standard InChI is InChI=1S/C16H15BrF3N/c1-2-9-21-16(10-5-3-6-11(17)15(10)20)14-12(18)7-4-8-13(14)19/h3-8,16,21H,2,9H2,1H3. The van der Waals surface area contributed by atoms with E-state index in [4.69, 9.17) is 0 Å². The summed E-state index contributed by atoms with van der Waals surface area (Å²) in [5.41, 5.74) is 0.0461. The number of nitrogens with one attached hydrogen (secondary N) is 1. The monoisotopic (exact) mass is 357 g/mol. The third-order valence-corrected chi connectivity index (χ3v) is 3.79. The van der Waals surface area contributed by atoms with E-state index in [1.165, 1.54) is 24.3 Å². The molecule has 0 saturated heterocycles. The summed E-state index contributed by atoms with van der Waals surface area (Å²) in [6.45, 7) is 2.45. The van der Waals surface area contributed by atoms with Gasteiger partial charge in [-0.2, -0.15) is 0 Å². The van der Waals surface area contributed by atoms with Gasteiger partial charge < -0.3 is 5.32 Å². The molecule has 0 aliphatic carbocycles. The van der Waals surface area contributed by atoms with Crippen molar-refractivity contribution in [2.45, 2.75) is 19.4 Å². The summed E-state index contributed by atoms with van der Waals surface area (Å²) >= 11 is 3.10. The van der Waals surface area contributed by atoms with Gasteiger partial charge in [-0.15, -0.1) is 0 Å². The predicted octanol–water partition coefficient (Wildman–Crippen LogP) is 4.96. The van der Waals surface area contributed by atoms with Gasteiger partial charge in [-0.1, -0.05) is 25.1 Å². The van der Waals surface area contributed by atoms with Crippen molar-refractivity contribution in [3.05, 3.63) is 69.4 Å². The van der Waals surface area contributed by atoms with Crippen LogP contribution < -0.4 is 5.32 Å². The maximum Gasteiger partial charge on any atom is 0.142 e. The second-order valence-corrected chi connectivity index (χ2v) is 5.52. The van der Waals surface area contributed by atoms with Gasteiger partial charge in [0.15, 0.2) is 0 Å². The molecule has 0 aliphatic rings. The van der Waals surface area contributed by atoms with Gasteiger partial charge in [0.1, 0.15) is 17.5 Å². The van der Waals surface area contributed by atoms with Gasteiger partial charge >= 0.3 is 0 Å². The van der Waals surface area contributed by atoms with Crippen LogP contribution in [0.5, 0.6) is 0 Å². The summed E-state index contributed by atoms with van der Waals surface area (Å²) in [5.74, 6) is -1.90. The molecule has 5 heteroatoms. The molecule has 2 rings (SSSR count). The summed E-state index contributed by atoms with van der Waals surface area (Å²) in [7, 11) is 0. The lowest BCUT2D eigenvalue weighted by atomic mass is 9.97. The molecule has 1 unspecified atom stereocenters. The van der Waals surface area contributed by atoms with Gasteiger partial charge in [0, 0.05) is 11.1 Å². The van der Waals surface area contributed by atoms with E-state index in [1.807, 2.05) is 6.92 Å². The van der Waals surface area contributed by atoms with Crippen molar-refractivity contribution in [2.24, 2.45) is 0 Å². The van der Waals surface area contributed by atoms with Gasteiger partial charge in [0.25, 0.3) is 0 Å². The molecule has 2 aromatic carbocycles. The highest BCUT2D eigenvalue weighted by Gasteiger charge is 2.24. The Morgan fingerprint density at radius 2 is 1.67 bits per heavy atom. The van der Waals surface area contributed by atoms with Crippen LogP contribution in [0.3, 0.4) is 0 Å². The lowest BCUT2D eigenvalue weighted by Crippen LogP contribution is -2.26. The first kappa shape index (κ1) is 16.0. The van der Waals surface area contributed by atoms with E-state index < -0.39 is 23.5 Å². The zero-order chi connectivity index (χ0) is 15.4. The Morgan fingerprint density at radius 3 is 2.29 bits per heavy atom. The summed E-state index contributed by atoms with van der Waals surface area (Å²) in [6.07, 6.45) is 0.766. The molecule has 0 spiro atoms. The quantitative estimate of drug-likeness (QED) is 0.797. The van der Waals surface area contributed by atoms with E-state index in [9.17, 15) is 13.2 Å². The molecule has 0 fully saturated rings. The largest absolute Gasteiger partial charge is 0.306 e. The van der Waals surface area contributed by atoms with Crippen molar-refractivity contribution >= 4 is 15.9 Å². The Morgan fingerprint density at radius 1 is 1.05 bits per heavy atom. The van der Waals surface area contributed by atoms with Crippen molar-refractivity contribution in [1.82, 2.24) is 5.32 Å². The van der Waals surface area contributed by atoms with Crippen molar-refractivity contribution in [1.29, 1.82) is 0 Å². The highest BCUT2D eigenvalue weighted by atomic mass is 79.9. The number of benzene rings is 2. The molecule has 1 atom stereocenters. The van der Waals surface area contributed by atoms with Crippen LogP contribution in [0.4, 0.5) is 13.2 Å². The maximum atomic E-state index is 14.3. The maximum absolute atomic E-state index is 14.3.